The fraction of sp³-hybridized carbons (Fsp3) is 0.731. The highest BCUT2D eigenvalue weighted by Gasteiger charge is 2.54. The van der Waals surface area contributed by atoms with E-state index in [4.69, 9.17) is 11.4 Å². The molecule has 1 heterocycles. The standard InChI is InChI=1S/C26H39N3O3S/c1-9-12-29(8)23(32)15(2)17-10-11-26(7)13-18-21(16(3)20(26)22(17)31)28-24(33-18)27-19(30)14-25(4,5)6/h1,15-17,20,22,31H,10-14H2,2-8H3,(H,27,28,30)/t15-,16-,17-,20+,22-,26-/m0/s1. The average molecular weight is 474 g/mol. The van der Waals surface area contributed by atoms with Crippen molar-refractivity contribution in [2.75, 3.05) is 18.9 Å². The molecular weight excluding hydrogens is 434 g/mol. The lowest BCUT2D eigenvalue weighted by molar-refractivity contribution is -0.142. The van der Waals surface area contributed by atoms with Gasteiger partial charge < -0.3 is 15.3 Å². The molecule has 0 aliphatic heterocycles. The molecule has 0 unspecified atom stereocenters. The highest BCUT2D eigenvalue weighted by molar-refractivity contribution is 7.15. The molecule has 6 nitrogen and oxygen atoms in total. The first-order chi connectivity index (χ1) is 15.3. The number of nitrogens with zero attached hydrogens (tertiary/aromatic N) is 2. The van der Waals surface area contributed by atoms with Gasteiger partial charge in [-0.2, -0.15) is 0 Å². The molecule has 7 heteroatoms. The number of nitrogens with one attached hydrogen (secondary N) is 1. The summed E-state index contributed by atoms with van der Waals surface area (Å²) in [5, 5.41) is 15.2. The second-order valence-electron chi connectivity index (χ2n) is 11.6. The van der Waals surface area contributed by atoms with E-state index in [2.05, 4.69) is 25.1 Å². The van der Waals surface area contributed by atoms with Gasteiger partial charge in [0.1, 0.15) is 0 Å². The lowest BCUT2D eigenvalue weighted by atomic mass is 9.53. The lowest BCUT2D eigenvalue weighted by Gasteiger charge is -2.53. The molecule has 1 aromatic heterocycles. The number of carbonyl (C=O) groups is 2. The van der Waals surface area contributed by atoms with Crippen molar-refractivity contribution in [1.29, 1.82) is 0 Å². The zero-order chi connectivity index (χ0) is 24.7. The second kappa shape index (κ2) is 9.38. The predicted octanol–water partition coefficient (Wildman–Crippen LogP) is 4.30. The maximum Gasteiger partial charge on any atom is 0.226 e. The van der Waals surface area contributed by atoms with Crippen LogP contribution in [-0.2, 0) is 16.0 Å². The van der Waals surface area contributed by atoms with E-state index in [1.54, 1.807) is 23.3 Å². The molecule has 2 aliphatic rings. The van der Waals surface area contributed by atoms with Crippen LogP contribution < -0.4 is 5.32 Å². The van der Waals surface area contributed by atoms with E-state index in [0.29, 0.717) is 11.6 Å². The number of amides is 2. The Bertz CT molecular complexity index is 944. The smallest absolute Gasteiger partial charge is 0.226 e. The Morgan fingerprint density at radius 1 is 1.42 bits per heavy atom. The third kappa shape index (κ3) is 5.27. The number of aromatic nitrogens is 1. The summed E-state index contributed by atoms with van der Waals surface area (Å²) in [6, 6.07) is 0. The van der Waals surface area contributed by atoms with Crippen LogP contribution >= 0.6 is 11.3 Å². The van der Waals surface area contributed by atoms with Gasteiger partial charge >= 0.3 is 0 Å². The van der Waals surface area contributed by atoms with Crippen molar-refractivity contribution < 1.29 is 14.7 Å². The van der Waals surface area contributed by atoms with Crippen molar-refractivity contribution in [1.82, 2.24) is 9.88 Å². The van der Waals surface area contributed by atoms with Crippen molar-refractivity contribution in [3.05, 3.63) is 10.6 Å². The molecule has 1 fully saturated rings. The molecule has 0 bridgehead atoms. The highest BCUT2D eigenvalue weighted by Crippen LogP contribution is 2.57. The second-order valence-corrected chi connectivity index (χ2v) is 12.7. The van der Waals surface area contributed by atoms with E-state index >= 15 is 0 Å². The van der Waals surface area contributed by atoms with Crippen LogP contribution in [-0.4, -0.2) is 46.5 Å². The number of carbonyl (C=O) groups excluding carboxylic acids is 2. The first-order valence-electron chi connectivity index (χ1n) is 11.9. The summed E-state index contributed by atoms with van der Waals surface area (Å²) in [4.78, 5) is 32.9. The number of hydrogen-bond acceptors (Lipinski definition) is 5. The SMILES string of the molecule is C#CCN(C)C(=O)[C@@H](C)[C@@H]1CC[C@@]2(C)Cc3sc(NC(=O)CC(C)(C)C)nc3[C@@H](C)[C@@H]2[C@H]1O. The molecule has 6 atom stereocenters. The Morgan fingerprint density at radius 2 is 2.09 bits per heavy atom. The Morgan fingerprint density at radius 3 is 2.70 bits per heavy atom. The van der Waals surface area contributed by atoms with Crippen LogP contribution in [0.15, 0.2) is 0 Å². The minimum atomic E-state index is -0.592. The molecule has 2 N–H and O–H groups in total. The molecule has 1 saturated carbocycles. The summed E-state index contributed by atoms with van der Waals surface area (Å²) in [7, 11) is 1.72. The fourth-order valence-corrected chi connectivity index (χ4v) is 7.27. The monoisotopic (exact) mass is 473 g/mol. The van der Waals surface area contributed by atoms with Crippen LogP contribution in [0, 0.1) is 40.9 Å². The van der Waals surface area contributed by atoms with Gasteiger partial charge in [0.25, 0.3) is 0 Å². The molecule has 0 aromatic carbocycles. The Hall–Kier alpha value is -1.91. The summed E-state index contributed by atoms with van der Waals surface area (Å²) < 4.78 is 0. The molecule has 33 heavy (non-hydrogen) atoms. The van der Waals surface area contributed by atoms with Crippen LogP contribution in [0.2, 0.25) is 0 Å². The molecular formula is C26H39N3O3S. The van der Waals surface area contributed by atoms with Crippen molar-refractivity contribution in [3.63, 3.8) is 0 Å². The Balaban J connectivity index is 1.81. The van der Waals surface area contributed by atoms with Crippen molar-refractivity contribution in [2.45, 2.75) is 79.2 Å². The van der Waals surface area contributed by atoms with E-state index in [9.17, 15) is 14.7 Å². The van der Waals surface area contributed by atoms with Crippen molar-refractivity contribution in [2.24, 2.45) is 28.6 Å². The largest absolute Gasteiger partial charge is 0.392 e. The summed E-state index contributed by atoms with van der Waals surface area (Å²) >= 11 is 1.57. The maximum atomic E-state index is 12.9. The van der Waals surface area contributed by atoms with E-state index < -0.39 is 6.10 Å². The van der Waals surface area contributed by atoms with Crippen LogP contribution in [0.5, 0.6) is 0 Å². The first-order valence-corrected chi connectivity index (χ1v) is 12.7. The minimum Gasteiger partial charge on any atom is -0.392 e. The Kier molecular flexibility index (Phi) is 7.31. The predicted molar refractivity (Wildman–Crippen MR) is 133 cm³/mol. The van der Waals surface area contributed by atoms with Crippen LogP contribution in [0.3, 0.4) is 0 Å². The zero-order valence-electron chi connectivity index (χ0n) is 21.1. The number of rotatable bonds is 5. The van der Waals surface area contributed by atoms with Crippen molar-refractivity contribution in [3.8, 4) is 12.3 Å². The van der Waals surface area contributed by atoms with Gasteiger partial charge in [0, 0.05) is 30.2 Å². The van der Waals surface area contributed by atoms with Crippen LogP contribution in [0.25, 0.3) is 0 Å². The Labute approximate surface area is 202 Å². The minimum absolute atomic E-state index is 0.0113. The van der Waals surface area contributed by atoms with Gasteiger partial charge in [0.15, 0.2) is 5.13 Å². The summed E-state index contributed by atoms with van der Waals surface area (Å²) in [5.41, 5.74) is 0.837. The number of thiazole rings is 1. The number of aliphatic hydroxyl groups excluding tert-OH is 1. The number of anilines is 1. The maximum absolute atomic E-state index is 12.9. The van der Waals surface area contributed by atoms with Gasteiger partial charge in [0.05, 0.1) is 18.3 Å². The molecule has 182 valence electrons. The van der Waals surface area contributed by atoms with Gasteiger partial charge in [0.2, 0.25) is 11.8 Å². The summed E-state index contributed by atoms with van der Waals surface area (Å²) in [6.07, 6.45) is 7.82. The number of terminal acetylenes is 1. The first kappa shape index (κ1) is 25.7. The average Bonchev–Trinajstić information content (AvgIpc) is 3.07. The molecule has 2 amide bonds. The van der Waals surface area contributed by atoms with Crippen LogP contribution in [0.1, 0.15) is 77.3 Å². The fourth-order valence-electron chi connectivity index (χ4n) is 5.99. The zero-order valence-corrected chi connectivity index (χ0v) is 21.9. The van der Waals surface area contributed by atoms with Crippen LogP contribution in [0.4, 0.5) is 5.13 Å². The molecule has 0 radical (unpaired) electrons. The van der Waals surface area contributed by atoms with E-state index in [0.717, 1.165) is 25.0 Å². The topological polar surface area (TPSA) is 82.5 Å². The quantitative estimate of drug-likeness (QED) is 0.625. The van der Waals surface area contributed by atoms with E-state index in [-0.39, 0.29) is 52.9 Å². The van der Waals surface area contributed by atoms with Crippen molar-refractivity contribution >= 4 is 28.3 Å². The normalized spacial score (nSPS) is 29.9. The molecule has 3 rings (SSSR count). The van der Waals surface area contributed by atoms with Gasteiger partial charge in [-0.3, -0.25) is 9.59 Å². The summed E-state index contributed by atoms with van der Waals surface area (Å²) in [6.45, 7) is 12.7. The van der Waals surface area contributed by atoms with Gasteiger partial charge in [-0.1, -0.05) is 47.5 Å². The number of fused-ring (bicyclic) bond motifs is 2. The van der Waals surface area contributed by atoms with E-state index in [1.165, 1.54) is 4.88 Å². The van der Waals surface area contributed by atoms with Gasteiger partial charge in [-0.05, 0) is 41.9 Å². The summed E-state index contributed by atoms with van der Waals surface area (Å²) in [5.74, 6) is 2.15. The lowest BCUT2D eigenvalue weighted by Crippen LogP contribution is -2.53. The highest BCUT2D eigenvalue weighted by atomic mass is 32.1. The number of aliphatic hydroxyl groups is 1. The van der Waals surface area contributed by atoms with E-state index in [1.807, 2.05) is 27.7 Å². The van der Waals surface area contributed by atoms with Gasteiger partial charge in [-0.15, -0.1) is 17.8 Å². The molecule has 2 aliphatic carbocycles. The van der Waals surface area contributed by atoms with Gasteiger partial charge in [-0.25, -0.2) is 4.98 Å². The third-order valence-corrected chi connectivity index (χ3v) is 8.58. The molecule has 0 spiro atoms. The molecule has 0 saturated heterocycles. The third-order valence-electron chi connectivity index (χ3n) is 7.60. The number of hydrogen-bond donors (Lipinski definition) is 2. The molecule has 1 aromatic rings.